The minimum atomic E-state index is -3.56. The molecule has 0 spiro atoms. The topological polar surface area (TPSA) is 83.5 Å². The Hall–Kier alpha value is -0.670. The van der Waals surface area contributed by atoms with Gasteiger partial charge in [0.1, 0.15) is 0 Å². The van der Waals surface area contributed by atoms with Crippen molar-refractivity contribution in [3.8, 4) is 0 Å². The molecule has 5 nitrogen and oxygen atoms in total. The second-order valence-corrected chi connectivity index (χ2v) is 7.58. The molecule has 1 saturated carbocycles. The minimum absolute atomic E-state index is 0.215. The van der Waals surface area contributed by atoms with Crippen LogP contribution in [0.15, 0.2) is 29.2 Å². The Morgan fingerprint density at radius 3 is 2.42 bits per heavy atom. The number of carboxylic acids is 1. The Labute approximate surface area is 125 Å². The van der Waals surface area contributed by atoms with Gasteiger partial charge in [-0.25, -0.2) is 13.1 Å². The smallest absolute Gasteiger partial charge is 0.306 e. The number of nitrogens with one attached hydrogen (secondary N) is 1. The van der Waals surface area contributed by atoms with Crippen LogP contribution in [0.5, 0.6) is 0 Å². The van der Waals surface area contributed by atoms with E-state index in [2.05, 4.69) is 27.3 Å². The first-order valence-corrected chi connectivity index (χ1v) is 8.45. The van der Waals surface area contributed by atoms with Crippen molar-refractivity contribution in [3.05, 3.63) is 27.8 Å². The molecule has 2 N–H and O–H groups in total. The summed E-state index contributed by atoms with van der Waals surface area (Å²) in [5.74, 6) is -1.29. The van der Waals surface area contributed by atoms with Crippen LogP contribution in [0.4, 0.5) is 0 Å². The SMILES string of the molecule is O=C(O)C1CCC(NS(=O)(=O)c2ccc(I)cc2)C1. The van der Waals surface area contributed by atoms with Gasteiger partial charge in [-0.05, 0) is 66.1 Å². The van der Waals surface area contributed by atoms with Crippen molar-refractivity contribution in [2.75, 3.05) is 0 Å². The van der Waals surface area contributed by atoms with E-state index in [1.807, 2.05) is 0 Å². The van der Waals surface area contributed by atoms with Gasteiger partial charge in [-0.3, -0.25) is 4.79 Å². The van der Waals surface area contributed by atoms with Gasteiger partial charge in [0.05, 0.1) is 10.8 Å². The molecule has 2 atom stereocenters. The fourth-order valence-electron chi connectivity index (χ4n) is 2.21. The van der Waals surface area contributed by atoms with Crippen LogP contribution < -0.4 is 4.72 Å². The predicted molar refractivity (Wildman–Crippen MR) is 78.2 cm³/mol. The van der Waals surface area contributed by atoms with Crippen LogP contribution in [0, 0.1) is 9.49 Å². The number of hydrogen-bond donors (Lipinski definition) is 2. The lowest BCUT2D eigenvalue weighted by atomic mass is 10.1. The van der Waals surface area contributed by atoms with E-state index in [0.717, 1.165) is 3.57 Å². The standard InChI is InChI=1S/C12H14INO4S/c13-9-2-5-11(6-3-9)19(17,18)14-10-4-1-8(7-10)12(15)16/h2-3,5-6,8,10,14H,1,4,7H2,(H,15,16). The van der Waals surface area contributed by atoms with Crippen LogP contribution >= 0.6 is 22.6 Å². The summed E-state index contributed by atoms with van der Waals surface area (Å²) in [5.41, 5.74) is 0. The third-order valence-corrected chi connectivity index (χ3v) is 5.48. The van der Waals surface area contributed by atoms with E-state index >= 15 is 0 Å². The molecule has 2 unspecified atom stereocenters. The number of benzene rings is 1. The van der Waals surface area contributed by atoms with E-state index in [1.54, 1.807) is 24.3 Å². The van der Waals surface area contributed by atoms with Crippen molar-refractivity contribution in [2.45, 2.75) is 30.2 Å². The van der Waals surface area contributed by atoms with Gasteiger partial charge >= 0.3 is 5.97 Å². The van der Waals surface area contributed by atoms with Gasteiger partial charge in [0, 0.05) is 9.61 Å². The van der Waals surface area contributed by atoms with Gasteiger partial charge in [-0.2, -0.15) is 0 Å². The van der Waals surface area contributed by atoms with Gasteiger partial charge < -0.3 is 5.11 Å². The van der Waals surface area contributed by atoms with Crippen LogP contribution in [-0.4, -0.2) is 25.5 Å². The first-order chi connectivity index (χ1) is 8.88. The van der Waals surface area contributed by atoms with Crippen molar-refractivity contribution >= 4 is 38.6 Å². The van der Waals surface area contributed by atoms with Crippen molar-refractivity contribution < 1.29 is 18.3 Å². The summed E-state index contributed by atoms with van der Waals surface area (Å²) in [6.07, 6.45) is 1.45. The Kier molecular flexibility index (Phi) is 4.46. The molecule has 7 heteroatoms. The van der Waals surface area contributed by atoms with Crippen molar-refractivity contribution in [1.82, 2.24) is 4.72 Å². The highest BCUT2D eigenvalue weighted by atomic mass is 127. The zero-order valence-electron chi connectivity index (χ0n) is 10.0. The second kappa shape index (κ2) is 5.76. The third kappa shape index (κ3) is 3.67. The summed E-state index contributed by atoms with van der Waals surface area (Å²) >= 11 is 2.10. The molecule has 2 rings (SSSR count). The lowest BCUT2D eigenvalue weighted by Crippen LogP contribution is -2.33. The third-order valence-electron chi connectivity index (χ3n) is 3.23. The quantitative estimate of drug-likeness (QED) is 0.762. The molecule has 104 valence electrons. The molecule has 1 aromatic carbocycles. The molecular formula is C12H14INO4S. The Balaban J connectivity index is 2.06. The molecule has 0 saturated heterocycles. The number of hydrogen-bond acceptors (Lipinski definition) is 3. The zero-order valence-corrected chi connectivity index (χ0v) is 13.0. The summed E-state index contributed by atoms with van der Waals surface area (Å²) < 4.78 is 27.8. The molecule has 0 aliphatic heterocycles. The molecule has 19 heavy (non-hydrogen) atoms. The van der Waals surface area contributed by atoms with Gasteiger partial charge in [0.15, 0.2) is 0 Å². The second-order valence-electron chi connectivity index (χ2n) is 4.62. The average molecular weight is 395 g/mol. The normalized spacial score (nSPS) is 23.4. The number of rotatable bonds is 4. The maximum atomic E-state index is 12.1. The number of halogens is 1. The molecule has 1 aliphatic carbocycles. The van der Waals surface area contributed by atoms with Crippen LogP contribution in [-0.2, 0) is 14.8 Å². The molecule has 0 heterocycles. The van der Waals surface area contributed by atoms with Gasteiger partial charge in [-0.1, -0.05) is 0 Å². The maximum absolute atomic E-state index is 12.1. The molecule has 0 aromatic heterocycles. The van der Waals surface area contributed by atoms with Gasteiger partial charge in [-0.15, -0.1) is 0 Å². The van der Waals surface area contributed by atoms with Crippen LogP contribution in [0.3, 0.4) is 0 Å². The maximum Gasteiger partial charge on any atom is 0.306 e. The summed E-state index contributed by atoms with van der Waals surface area (Å²) in [5, 5.41) is 8.90. The van der Waals surface area contributed by atoms with Crippen molar-refractivity contribution in [1.29, 1.82) is 0 Å². The summed E-state index contributed by atoms with van der Waals surface area (Å²) in [6, 6.07) is 6.26. The van der Waals surface area contributed by atoms with E-state index in [4.69, 9.17) is 5.11 Å². The molecule has 0 bridgehead atoms. The van der Waals surface area contributed by atoms with Crippen molar-refractivity contribution in [2.24, 2.45) is 5.92 Å². The van der Waals surface area contributed by atoms with Crippen LogP contribution in [0.25, 0.3) is 0 Å². The fourth-order valence-corrected chi connectivity index (χ4v) is 3.86. The van der Waals surface area contributed by atoms with Crippen LogP contribution in [0.2, 0.25) is 0 Å². The summed E-state index contributed by atoms with van der Waals surface area (Å²) in [4.78, 5) is 11.1. The first kappa shape index (κ1) is 14.7. The Bertz CT molecular complexity index is 570. The van der Waals surface area contributed by atoms with Gasteiger partial charge in [0.2, 0.25) is 10.0 Å². The summed E-state index contributed by atoms with van der Waals surface area (Å²) in [6.45, 7) is 0. The van der Waals surface area contributed by atoms with E-state index in [-0.39, 0.29) is 10.9 Å². The first-order valence-electron chi connectivity index (χ1n) is 5.89. The zero-order chi connectivity index (χ0) is 14.0. The predicted octanol–water partition coefficient (Wildman–Crippen LogP) is 1.82. The molecule has 1 fully saturated rings. The lowest BCUT2D eigenvalue weighted by molar-refractivity contribution is -0.141. The number of carboxylic acid groups (broad SMARTS) is 1. The summed E-state index contributed by atoms with van der Waals surface area (Å²) in [7, 11) is -3.56. The molecule has 1 aliphatic rings. The Morgan fingerprint density at radius 2 is 1.89 bits per heavy atom. The number of sulfonamides is 1. The van der Waals surface area contributed by atoms with E-state index in [9.17, 15) is 13.2 Å². The van der Waals surface area contributed by atoms with Crippen molar-refractivity contribution in [3.63, 3.8) is 0 Å². The molecule has 1 aromatic rings. The highest BCUT2D eigenvalue weighted by Crippen LogP contribution is 2.27. The van der Waals surface area contributed by atoms with E-state index in [1.165, 1.54) is 0 Å². The van der Waals surface area contributed by atoms with E-state index in [0.29, 0.717) is 19.3 Å². The fraction of sp³-hybridized carbons (Fsp3) is 0.417. The van der Waals surface area contributed by atoms with E-state index < -0.39 is 21.9 Å². The molecular weight excluding hydrogens is 381 g/mol. The largest absolute Gasteiger partial charge is 0.481 e. The monoisotopic (exact) mass is 395 g/mol. The minimum Gasteiger partial charge on any atom is -0.481 e. The van der Waals surface area contributed by atoms with Crippen LogP contribution in [0.1, 0.15) is 19.3 Å². The average Bonchev–Trinajstić information content (AvgIpc) is 2.77. The number of carbonyl (C=O) groups is 1. The van der Waals surface area contributed by atoms with Gasteiger partial charge in [0.25, 0.3) is 0 Å². The highest BCUT2D eigenvalue weighted by Gasteiger charge is 2.32. The molecule has 0 amide bonds. The number of aliphatic carboxylic acids is 1. The lowest BCUT2D eigenvalue weighted by Gasteiger charge is -2.13. The Morgan fingerprint density at radius 1 is 1.26 bits per heavy atom. The molecule has 0 radical (unpaired) electrons. The highest BCUT2D eigenvalue weighted by molar-refractivity contribution is 14.1.